The van der Waals surface area contributed by atoms with Crippen LogP contribution in [0.3, 0.4) is 0 Å². The number of hydrogen-bond donors (Lipinski definition) is 2. The van der Waals surface area contributed by atoms with Crippen LogP contribution in [0, 0.1) is 18.7 Å². The number of nitrogens with zero attached hydrogens (tertiary/aromatic N) is 2. The third-order valence-electron chi connectivity index (χ3n) is 3.16. The molecule has 0 atom stereocenters. The molecule has 0 spiro atoms. The highest BCUT2D eigenvalue weighted by atomic mass is 19.1. The summed E-state index contributed by atoms with van der Waals surface area (Å²) < 4.78 is 12.9. The molecular formula is C17H23FN4. The molecular weight excluding hydrogens is 279 g/mol. The van der Waals surface area contributed by atoms with Gasteiger partial charge in [-0.1, -0.05) is 26.0 Å². The molecule has 4 nitrogen and oxygen atoms in total. The molecule has 1 aromatic heterocycles. The largest absolute Gasteiger partial charge is 0.370 e. The summed E-state index contributed by atoms with van der Waals surface area (Å²) in [6, 6.07) is 8.49. The van der Waals surface area contributed by atoms with Crippen LogP contribution in [0.4, 0.5) is 16.0 Å². The van der Waals surface area contributed by atoms with E-state index in [0.29, 0.717) is 5.92 Å². The highest BCUT2D eigenvalue weighted by Gasteiger charge is 2.03. The highest BCUT2D eigenvalue weighted by Crippen LogP contribution is 2.12. The molecule has 0 amide bonds. The number of halogens is 1. The number of aryl methyl sites for hydroxylation is 1. The van der Waals surface area contributed by atoms with Gasteiger partial charge in [-0.2, -0.15) is 0 Å². The van der Waals surface area contributed by atoms with Crippen LogP contribution in [0.1, 0.15) is 25.2 Å². The van der Waals surface area contributed by atoms with Crippen molar-refractivity contribution in [2.24, 2.45) is 5.92 Å². The number of hydrogen-bond acceptors (Lipinski definition) is 4. The van der Waals surface area contributed by atoms with Crippen LogP contribution in [-0.2, 0) is 6.42 Å². The topological polar surface area (TPSA) is 49.8 Å². The zero-order chi connectivity index (χ0) is 15.9. The predicted octanol–water partition coefficient (Wildman–Crippen LogP) is 3.65. The summed E-state index contributed by atoms with van der Waals surface area (Å²) in [5.74, 6) is 2.73. The van der Waals surface area contributed by atoms with Crippen molar-refractivity contribution in [1.82, 2.24) is 9.97 Å². The molecule has 0 aliphatic rings. The van der Waals surface area contributed by atoms with Crippen molar-refractivity contribution < 1.29 is 4.39 Å². The van der Waals surface area contributed by atoms with E-state index in [1.54, 1.807) is 12.1 Å². The van der Waals surface area contributed by atoms with Crippen LogP contribution in [0.25, 0.3) is 0 Å². The smallest absolute Gasteiger partial charge is 0.131 e. The van der Waals surface area contributed by atoms with Crippen LogP contribution < -0.4 is 10.6 Å². The maximum absolute atomic E-state index is 12.9. The minimum atomic E-state index is -0.205. The molecule has 0 unspecified atom stereocenters. The zero-order valence-electron chi connectivity index (χ0n) is 13.4. The minimum absolute atomic E-state index is 0.205. The summed E-state index contributed by atoms with van der Waals surface area (Å²) in [5.41, 5.74) is 1.10. The molecule has 0 saturated heterocycles. The van der Waals surface area contributed by atoms with Gasteiger partial charge < -0.3 is 10.6 Å². The summed E-state index contributed by atoms with van der Waals surface area (Å²) in [7, 11) is 0. The number of aromatic nitrogens is 2. The van der Waals surface area contributed by atoms with Crippen molar-refractivity contribution in [1.29, 1.82) is 0 Å². The van der Waals surface area contributed by atoms with Crippen molar-refractivity contribution in [2.45, 2.75) is 27.2 Å². The van der Waals surface area contributed by atoms with Crippen molar-refractivity contribution >= 4 is 11.6 Å². The van der Waals surface area contributed by atoms with E-state index in [2.05, 4.69) is 34.4 Å². The SMILES string of the molecule is Cc1nc(NCCc2ccc(F)cc2)cc(NCC(C)C)n1. The van der Waals surface area contributed by atoms with Gasteiger partial charge in [0.05, 0.1) is 0 Å². The Morgan fingerprint density at radius 2 is 1.68 bits per heavy atom. The number of anilines is 2. The third kappa shape index (κ3) is 5.31. The average molecular weight is 302 g/mol. The Balaban J connectivity index is 1.90. The van der Waals surface area contributed by atoms with Crippen molar-refractivity contribution in [2.75, 3.05) is 23.7 Å². The van der Waals surface area contributed by atoms with E-state index in [1.807, 2.05) is 13.0 Å². The van der Waals surface area contributed by atoms with Crippen molar-refractivity contribution in [3.05, 3.63) is 47.5 Å². The zero-order valence-corrected chi connectivity index (χ0v) is 13.4. The molecule has 1 aromatic carbocycles. The first-order valence-electron chi connectivity index (χ1n) is 7.61. The van der Waals surface area contributed by atoms with Crippen LogP contribution in [0.2, 0.25) is 0 Å². The second kappa shape index (κ2) is 7.73. The van der Waals surface area contributed by atoms with Gasteiger partial charge in [0.25, 0.3) is 0 Å². The molecule has 2 N–H and O–H groups in total. The molecule has 0 fully saturated rings. The van der Waals surface area contributed by atoms with Gasteiger partial charge in [-0.05, 0) is 37.0 Å². The molecule has 0 aliphatic carbocycles. The van der Waals surface area contributed by atoms with Crippen LogP contribution >= 0.6 is 0 Å². The Hall–Kier alpha value is -2.17. The first-order valence-corrected chi connectivity index (χ1v) is 7.61. The van der Waals surface area contributed by atoms with Crippen molar-refractivity contribution in [3.63, 3.8) is 0 Å². The fourth-order valence-electron chi connectivity index (χ4n) is 2.04. The molecule has 0 saturated carbocycles. The summed E-state index contributed by atoms with van der Waals surface area (Å²) >= 11 is 0. The fraction of sp³-hybridized carbons (Fsp3) is 0.412. The van der Waals surface area contributed by atoms with E-state index in [9.17, 15) is 4.39 Å². The first-order chi connectivity index (χ1) is 10.5. The second-order valence-corrected chi connectivity index (χ2v) is 5.76. The van der Waals surface area contributed by atoms with E-state index in [-0.39, 0.29) is 5.82 Å². The second-order valence-electron chi connectivity index (χ2n) is 5.76. The Morgan fingerprint density at radius 1 is 1.05 bits per heavy atom. The molecule has 5 heteroatoms. The van der Waals surface area contributed by atoms with E-state index in [1.165, 1.54) is 12.1 Å². The number of nitrogens with one attached hydrogen (secondary N) is 2. The Kier molecular flexibility index (Phi) is 5.69. The van der Waals surface area contributed by atoms with Crippen LogP contribution in [0.15, 0.2) is 30.3 Å². The Labute approximate surface area is 131 Å². The summed E-state index contributed by atoms with van der Waals surface area (Å²) in [6.45, 7) is 7.81. The first kappa shape index (κ1) is 16.2. The van der Waals surface area contributed by atoms with Gasteiger partial charge in [0, 0.05) is 19.2 Å². The molecule has 2 rings (SSSR count). The predicted molar refractivity (Wildman–Crippen MR) is 88.7 cm³/mol. The normalized spacial score (nSPS) is 10.8. The highest BCUT2D eigenvalue weighted by molar-refractivity contribution is 5.47. The van der Waals surface area contributed by atoms with E-state index in [4.69, 9.17) is 0 Å². The van der Waals surface area contributed by atoms with E-state index in [0.717, 1.165) is 42.5 Å². The van der Waals surface area contributed by atoms with Gasteiger partial charge in [-0.25, -0.2) is 14.4 Å². The van der Waals surface area contributed by atoms with Gasteiger partial charge in [0.1, 0.15) is 23.3 Å². The summed E-state index contributed by atoms with van der Waals surface area (Å²) in [6.07, 6.45) is 0.818. The monoisotopic (exact) mass is 302 g/mol. The van der Waals surface area contributed by atoms with Crippen molar-refractivity contribution in [3.8, 4) is 0 Å². The molecule has 1 heterocycles. The molecule has 118 valence electrons. The fourth-order valence-corrected chi connectivity index (χ4v) is 2.04. The average Bonchev–Trinajstić information content (AvgIpc) is 2.47. The molecule has 0 bridgehead atoms. The minimum Gasteiger partial charge on any atom is -0.370 e. The lowest BCUT2D eigenvalue weighted by molar-refractivity contribution is 0.627. The summed E-state index contributed by atoms with van der Waals surface area (Å²) in [5, 5.41) is 6.60. The maximum atomic E-state index is 12.9. The van der Waals surface area contributed by atoms with Crippen LogP contribution in [-0.4, -0.2) is 23.1 Å². The standard InChI is InChI=1S/C17H23FN4/c1-12(2)11-20-17-10-16(21-13(3)22-17)19-9-8-14-4-6-15(18)7-5-14/h4-7,10,12H,8-9,11H2,1-3H3,(H2,19,20,21,22). The maximum Gasteiger partial charge on any atom is 0.131 e. The van der Waals surface area contributed by atoms with E-state index >= 15 is 0 Å². The summed E-state index contributed by atoms with van der Waals surface area (Å²) in [4.78, 5) is 8.76. The molecule has 2 aromatic rings. The van der Waals surface area contributed by atoms with Gasteiger partial charge in [0.2, 0.25) is 0 Å². The van der Waals surface area contributed by atoms with Gasteiger partial charge in [-0.15, -0.1) is 0 Å². The quantitative estimate of drug-likeness (QED) is 0.820. The van der Waals surface area contributed by atoms with E-state index < -0.39 is 0 Å². The van der Waals surface area contributed by atoms with Gasteiger partial charge in [-0.3, -0.25) is 0 Å². The molecule has 22 heavy (non-hydrogen) atoms. The van der Waals surface area contributed by atoms with Gasteiger partial charge in [0.15, 0.2) is 0 Å². The number of rotatable bonds is 7. The van der Waals surface area contributed by atoms with Crippen LogP contribution in [0.5, 0.6) is 0 Å². The number of benzene rings is 1. The molecule has 0 radical (unpaired) electrons. The van der Waals surface area contributed by atoms with Gasteiger partial charge >= 0.3 is 0 Å². The molecule has 0 aliphatic heterocycles. The lowest BCUT2D eigenvalue weighted by atomic mass is 10.1. The lowest BCUT2D eigenvalue weighted by Crippen LogP contribution is -2.12. The Bertz CT molecular complexity index is 596. The third-order valence-corrected chi connectivity index (χ3v) is 3.16. The lowest BCUT2D eigenvalue weighted by Gasteiger charge is -2.11. The Morgan fingerprint density at radius 3 is 2.32 bits per heavy atom.